The zero-order valence-electron chi connectivity index (χ0n) is 16.0. The first-order chi connectivity index (χ1) is 14.6. The molecule has 0 fully saturated rings. The number of benzene rings is 1. The fourth-order valence-corrected chi connectivity index (χ4v) is 3.10. The highest BCUT2D eigenvalue weighted by atomic mass is 19.4. The van der Waals surface area contributed by atoms with Crippen LogP contribution in [0.25, 0.3) is 17.2 Å². The summed E-state index contributed by atoms with van der Waals surface area (Å²) in [7, 11) is 0. The number of halogens is 5. The molecular weight excluding hydrogens is 423 g/mol. The Kier molecular flexibility index (Phi) is 4.99. The average Bonchev–Trinajstić information content (AvgIpc) is 3.19. The SMILES string of the molecule is Cc1nc2c(OCc3c(F)cccc3F)cccn2c1-c1nc(N)n(CC(F)(F)F)n1. The van der Waals surface area contributed by atoms with Gasteiger partial charge in [-0.3, -0.25) is 4.40 Å². The Morgan fingerprint density at radius 3 is 2.45 bits per heavy atom. The number of aryl methyl sites for hydroxylation is 1. The number of hydrogen-bond donors (Lipinski definition) is 1. The Morgan fingerprint density at radius 1 is 1.06 bits per heavy atom. The summed E-state index contributed by atoms with van der Waals surface area (Å²) in [5.74, 6) is -1.74. The summed E-state index contributed by atoms with van der Waals surface area (Å²) in [5.41, 5.74) is 6.33. The number of aromatic nitrogens is 5. The lowest BCUT2D eigenvalue weighted by atomic mass is 10.2. The molecule has 0 aliphatic carbocycles. The number of fused-ring (bicyclic) bond motifs is 1. The van der Waals surface area contributed by atoms with Crippen molar-refractivity contribution >= 4 is 11.6 Å². The summed E-state index contributed by atoms with van der Waals surface area (Å²) in [6.07, 6.45) is -2.93. The smallest absolute Gasteiger partial charge is 0.408 e. The van der Waals surface area contributed by atoms with E-state index in [9.17, 15) is 22.0 Å². The van der Waals surface area contributed by atoms with Gasteiger partial charge in [0.1, 0.15) is 30.5 Å². The Balaban J connectivity index is 1.70. The summed E-state index contributed by atoms with van der Waals surface area (Å²) >= 11 is 0. The van der Waals surface area contributed by atoms with Crippen LogP contribution >= 0.6 is 0 Å². The number of rotatable bonds is 5. The summed E-state index contributed by atoms with van der Waals surface area (Å²) in [6.45, 7) is -0.154. The van der Waals surface area contributed by atoms with Gasteiger partial charge in [0.25, 0.3) is 0 Å². The average molecular weight is 438 g/mol. The van der Waals surface area contributed by atoms with Gasteiger partial charge in [-0.05, 0) is 31.2 Å². The molecular formula is C19H15F5N6O. The third-order valence-electron chi connectivity index (χ3n) is 4.46. The maximum absolute atomic E-state index is 13.9. The minimum atomic E-state index is -4.52. The number of nitrogens with zero attached hydrogens (tertiary/aromatic N) is 5. The largest absolute Gasteiger partial charge is 0.485 e. The Morgan fingerprint density at radius 2 is 1.77 bits per heavy atom. The maximum Gasteiger partial charge on any atom is 0.408 e. The van der Waals surface area contributed by atoms with Gasteiger partial charge in [-0.2, -0.15) is 18.2 Å². The molecule has 0 aliphatic rings. The van der Waals surface area contributed by atoms with Crippen molar-refractivity contribution in [2.24, 2.45) is 0 Å². The molecule has 3 aromatic heterocycles. The monoisotopic (exact) mass is 438 g/mol. The van der Waals surface area contributed by atoms with Crippen molar-refractivity contribution < 1.29 is 26.7 Å². The predicted octanol–water partition coefficient (Wildman–Crippen LogP) is 3.90. The predicted molar refractivity (Wildman–Crippen MR) is 100 cm³/mol. The quantitative estimate of drug-likeness (QED) is 0.478. The lowest BCUT2D eigenvalue weighted by molar-refractivity contribution is -0.142. The van der Waals surface area contributed by atoms with Crippen LogP contribution in [0.4, 0.5) is 27.9 Å². The first-order valence-corrected chi connectivity index (χ1v) is 8.95. The molecule has 31 heavy (non-hydrogen) atoms. The molecule has 0 radical (unpaired) electrons. The molecule has 7 nitrogen and oxygen atoms in total. The fourth-order valence-electron chi connectivity index (χ4n) is 3.10. The molecule has 0 saturated heterocycles. The van der Waals surface area contributed by atoms with Crippen molar-refractivity contribution in [3.8, 4) is 17.3 Å². The van der Waals surface area contributed by atoms with Crippen LogP contribution in [0.5, 0.6) is 5.75 Å². The number of nitrogen functional groups attached to an aromatic ring is 1. The summed E-state index contributed by atoms with van der Waals surface area (Å²) < 4.78 is 73.5. The van der Waals surface area contributed by atoms with Crippen LogP contribution < -0.4 is 10.5 Å². The number of imidazole rings is 1. The molecule has 0 aliphatic heterocycles. The van der Waals surface area contributed by atoms with Gasteiger partial charge in [0.15, 0.2) is 11.4 Å². The van der Waals surface area contributed by atoms with Crippen molar-refractivity contribution in [2.45, 2.75) is 26.3 Å². The van der Waals surface area contributed by atoms with Gasteiger partial charge < -0.3 is 10.5 Å². The van der Waals surface area contributed by atoms with E-state index in [4.69, 9.17) is 10.5 Å². The van der Waals surface area contributed by atoms with Crippen molar-refractivity contribution in [2.75, 3.05) is 5.73 Å². The molecule has 0 saturated carbocycles. The number of pyridine rings is 1. The zero-order valence-corrected chi connectivity index (χ0v) is 16.0. The van der Waals surface area contributed by atoms with E-state index < -0.39 is 30.3 Å². The van der Waals surface area contributed by atoms with Gasteiger partial charge >= 0.3 is 6.18 Å². The standard InChI is InChI=1S/C19H15F5N6O/c1-10-15(16-27-18(25)30(28-16)9-19(22,23)24)29-7-3-6-14(17(29)26-10)31-8-11-12(20)4-2-5-13(11)21/h2-7H,8-9H2,1H3,(H2,25,27,28). The van der Waals surface area contributed by atoms with E-state index in [1.807, 2.05) is 0 Å². The number of ether oxygens (including phenoxy) is 1. The van der Waals surface area contributed by atoms with E-state index in [0.717, 1.165) is 12.1 Å². The van der Waals surface area contributed by atoms with Gasteiger partial charge in [-0.15, -0.1) is 5.10 Å². The normalized spacial score (nSPS) is 11.9. The lowest BCUT2D eigenvalue weighted by Gasteiger charge is -2.09. The third-order valence-corrected chi connectivity index (χ3v) is 4.46. The van der Waals surface area contributed by atoms with Gasteiger partial charge in [0, 0.05) is 6.20 Å². The highest BCUT2D eigenvalue weighted by molar-refractivity contribution is 5.66. The van der Waals surface area contributed by atoms with Crippen molar-refractivity contribution in [1.82, 2.24) is 24.1 Å². The van der Waals surface area contributed by atoms with E-state index in [1.54, 1.807) is 25.3 Å². The van der Waals surface area contributed by atoms with Crippen LogP contribution in [-0.4, -0.2) is 30.3 Å². The number of nitrogens with two attached hydrogens (primary N) is 1. The van der Waals surface area contributed by atoms with Gasteiger partial charge in [0.2, 0.25) is 11.8 Å². The van der Waals surface area contributed by atoms with Crippen LogP contribution in [0, 0.1) is 18.6 Å². The molecule has 0 bridgehead atoms. The summed E-state index contributed by atoms with van der Waals surface area (Å²) in [4.78, 5) is 8.28. The Labute approximate surface area is 171 Å². The second-order valence-corrected chi connectivity index (χ2v) is 6.67. The number of hydrogen-bond acceptors (Lipinski definition) is 5. The lowest BCUT2D eigenvalue weighted by Crippen LogP contribution is -2.20. The van der Waals surface area contributed by atoms with E-state index in [0.29, 0.717) is 16.1 Å². The molecule has 4 aromatic rings. The third kappa shape index (κ3) is 4.00. The summed E-state index contributed by atoms with van der Waals surface area (Å²) in [5, 5.41) is 3.85. The molecule has 0 amide bonds. The van der Waals surface area contributed by atoms with Crippen LogP contribution in [0.2, 0.25) is 0 Å². The molecule has 3 heterocycles. The topological polar surface area (TPSA) is 83.3 Å². The first kappa shape index (κ1) is 20.6. The fraction of sp³-hybridized carbons (Fsp3) is 0.211. The Hall–Kier alpha value is -3.70. The minimum absolute atomic E-state index is 0.0518. The van der Waals surface area contributed by atoms with Crippen LogP contribution in [0.3, 0.4) is 0 Å². The zero-order chi connectivity index (χ0) is 22.3. The van der Waals surface area contributed by atoms with Crippen LogP contribution in [0.15, 0.2) is 36.5 Å². The van der Waals surface area contributed by atoms with Crippen LogP contribution in [-0.2, 0) is 13.2 Å². The second kappa shape index (κ2) is 7.52. The van der Waals surface area contributed by atoms with Gasteiger partial charge in [-0.25, -0.2) is 18.4 Å². The molecule has 12 heteroatoms. The highest BCUT2D eigenvalue weighted by Gasteiger charge is 2.30. The van der Waals surface area contributed by atoms with Crippen molar-refractivity contribution in [3.63, 3.8) is 0 Å². The minimum Gasteiger partial charge on any atom is -0.485 e. The maximum atomic E-state index is 13.9. The van der Waals surface area contributed by atoms with Gasteiger partial charge in [-0.1, -0.05) is 6.07 Å². The molecule has 1 aromatic carbocycles. The summed E-state index contributed by atoms with van der Waals surface area (Å²) in [6, 6.07) is 6.62. The molecule has 4 rings (SSSR count). The first-order valence-electron chi connectivity index (χ1n) is 8.95. The van der Waals surface area contributed by atoms with E-state index in [-0.39, 0.29) is 29.4 Å². The number of alkyl halides is 3. The van der Waals surface area contributed by atoms with E-state index in [1.165, 1.54) is 10.5 Å². The van der Waals surface area contributed by atoms with Gasteiger partial charge in [0.05, 0.1) is 11.3 Å². The molecule has 0 unspecified atom stereocenters. The molecule has 2 N–H and O–H groups in total. The Bertz CT molecular complexity index is 1240. The highest BCUT2D eigenvalue weighted by Crippen LogP contribution is 2.29. The van der Waals surface area contributed by atoms with Crippen molar-refractivity contribution in [1.29, 1.82) is 0 Å². The molecule has 0 atom stereocenters. The second-order valence-electron chi connectivity index (χ2n) is 6.67. The van der Waals surface area contributed by atoms with Crippen molar-refractivity contribution in [3.05, 3.63) is 59.4 Å². The van der Waals surface area contributed by atoms with E-state index in [2.05, 4.69) is 15.1 Å². The molecule has 0 spiro atoms. The molecule has 162 valence electrons. The van der Waals surface area contributed by atoms with Crippen LogP contribution in [0.1, 0.15) is 11.3 Å². The number of anilines is 1. The van der Waals surface area contributed by atoms with E-state index >= 15 is 0 Å².